The Kier molecular flexibility index (Phi) is 2.63. The van der Waals surface area contributed by atoms with E-state index in [1.165, 1.54) is 0 Å². The van der Waals surface area contributed by atoms with Crippen molar-refractivity contribution in [3.63, 3.8) is 0 Å². The Hall–Kier alpha value is -0.150. The van der Waals surface area contributed by atoms with E-state index in [2.05, 4.69) is 31.9 Å². The van der Waals surface area contributed by atoms with Crippen molar-refractivity contribution in [2.75, 3.05) is 0 Å². The summed E-state index contributed by atoms with van der Waals surface area (Å²) in [5.41, 5.74) is 0.661. The third kappa shape index (κ3) is 1.47. The zero-order valence-electron chi connectivity index (χ0n) is 4.97. The van der Waals surface area contributed by atoms with Gasteiger partial charge in [-0.25, -0.2) is 0 Å². The maximum Gasteiger partial charge on any atom is 0.151 e. The number of halogens is 2. The van der Waals surface area contributed by atoms with Crippen molar-refractivity contribution >= 4 is 38.1 Å². The van der Waals surface area contributed by atoms with Gasteiger partial charge in [-0.15, -0.1) is 0 Å². The van der Waals surface area contributed by atoms with Crippen molar-refractivity contribution in [1.29, 1.82) is 0 Å². The van der Waals surface area contributed by atoms with Gasteiger partial charge in [-0.3, -0.25) is 4.79 Å². The van der Waals surface area contributed by atoms with Gasteiger partial charge in [0.05, 0.1) is 0 Å². The highest BCUT2D eigenvalue weighted by molar-refractivity contribution is 9.13. The van der Waals surface area contributed by atoms with Crippen LogP contribution >= 0.6 is 31.9 Å². The molecule has 1 aromatic rings. The van der Waals surface area contributed by atoms with Gasteiger partial charge in [0.15, 0.2) is 6.29 Å². The lowest BCUT2D eigenvalue weighted by Gasteiger charge is -1.96. The number of carbonyl (C=O) groups is 1. The topological polar surface area (TPSA) is 17.1 Å². The van der Waals surface area contributed by atoms with Crippen LogP contribution in [-0.4, -0.2) is 6.29 Å². The van der Waals surface area contributed by atoms with Crippen LogP contribution in [0.4, 0.5) is 0 Å². The van der Waals surface area contributed by atoms with Crippen molar-refractivity contribution in [2.24, 2.45) is 0 Å². The fourth-order valence-electron chi connectivity index (χ4n) is 0.611. The first-order valence-electron chi connectivity index (χ1n) is 2.65. The molecule has 0 spiro atoms. The number of hydrogen-bond donors (Lipinski definition) is 0. The first-order valence-corrected chi connectivity index (χ1v) is 4.23. The summed E-state index contributed by atoms with van der Waals surface area (Å²) >= 11 is 6.54. The van der Waals surface area contributed by atoms with Crippen LogP contribution in [0.5, 0.6) is 0 Å². The van der Waals surface area contributed by atoms with E-state index in [4.69, 9.17) is 0 Å². The average molecular weight is 264 g/mol. The Bertz CT molecular complexity index is 258. The molecule has 0 fully saturated rings. The van der Waals surface area contributed by atoms with Crippen molar-refractivity contribution in [1.82, 2.24) is 0 Å². The molecule has 0 heterocycles. The summed E-state index contributed by atoms with van der Waals surface area (Å²) in [6.45, 7) is 0. The van der Waals surface area contributed by atoms with Gasteiger partial charge in [0, 0.05) is 14.5 Å². The van der Waals surface area contributed by atoms with Crippen LogP contribution in [-0.2, 0) is 0 Å². The van der Waals surface area contributed by atoms with Gasteiger partial charge < -0.3 is 0 Å². The van der Waals surface area contributed by atoms with Crippen LogP contribution in [0.2, 0.25) is 0 Å². The number of rotatable bonds is 1. The molecular weight excluding hydrogens is 260 g/mol. The minimum Gasteiger partial charge on any atom is -0.298 e. The molecule has 1 nitrogen and oxygen atoms in total. The van der Waals surface area contributed by atoms with Gasteiger partial charge >= 0.3 is 0 Å². The molecule has 1 aromatic carbocycles. The zero-order chi connectivity index (χ0) is 7.56. The van der Waals surface area contributed by atoms with Crippen LogP contribution in [0.1, 0.15) is 10.4 Å². The highest BCUT2D eigenvalue weighted by Crippen LogP contribution is 2.24. The molecule has 0 aliphatic heterocycles. The number of aldehydes is 1. The Morgan fingerprint density at radius 2 is 2.00 bits per heavy atom. The SMILES string of the molecule is O=Cc1cccc(Br)c1Br. The highest BCUT2D eigenvalue weighted by atomic mass is 79.9. The average Bonchev–Trinajstić information content (AvgIpc) is 1.95. The monoisotopic (exact) mass is 262 g/mol. The van der Waals surface area contributed by atoms with E-state index in [9.17, 15) is 4.79 Å². The first kappa shape index (κ1) is 7.95. The highest BCUT2D eigenvalue weighted by Gasteiger charge is 1.99. The summed E-state index contributed by atoms with van der Waals surface area (Å²) in [6.07, 6.45) is 0.814. The van der Waals surface area contributed by atoms with E-state index in [0.717, 1.165) is 15.2 Å². The van der Waals surface area contributed by atoms with Crippen LogP contribution in [0, 0.1) is 0 Å². The first-order chi connectivity index (χ1) is 4.75. The van der Waals surface area contributed by atoms with E-state index in [0.29, 0.717) is 5.56 Å². The molecule has 3 heteroatoms. The molecule has 0 aliphatic carbocycles. The third-order valence-corrected chi connectivity index (χ3v) is 3.19. The number of hydrogen-bond acceptors (Lipinski definition) is 1. The summed E-state index contributed by atoms with van der Waals surface area (Å²) in [7, 11) is 0. The summed E-state index contributed by atoms with van der Waals surface area (Å²) < 4.78 is 1.71. The van der Waals surface area contributed by atoms with Gasteiger partial charge in [-0.1, -0.05) is 12.1 Å². The van der Waals surface area contributed by atoms with E-state index in [1.54, 1.807) is 6.07 Å². The normalized spacial score (nSPS) is 9.40. The Morgan fingerprint density at radius 3 is 2.50 bits per heavy atom. The summed E-state index contributed by atoms with van der Waals surface area (Å²) in [4.78, 5) is 10.3. The second-order valence-corrected chi connectivity index (χ2v) is 3.41. The predicted molar refractivity (Wildman–Crippen MR) is 47.2 cm³/mol. The minimum absolute atomic E-state index is 0.661. The standard InChI is InChI=1S/C7H4Br2O/c8-6-3-1-2-5(4-10)7(6)9/h1-4H. The number of carbonyl (C=O) groups excluding carboxylic acids is 1. The van der Waals surface area contributed by atoms with Crippen molar-refractivity contribution in [3.05, 3.63) is 32.7 Å². The molecule has 0 atom stereocenters. The van der Waals surface area contributed by atoms with Gasteiger partial charge in [0.25, 0.3) is 0 Å². The van der Waals surface area contributed by atoms with Crippen molar-refractivity contribution in [3.8, 4) is 0 Å². The molecule has 0 radical (unpaired) electrons. The van der Waals surface area contributed by atoms with Gasteiger partial charge in [-0.2, -0.15) is 0 Å². The zero-order valence-corrected chi connectivity index (χ0v) is 8.15. The maximum atomic E-state index is 10.3. The second kappa shape index (κ2) is 3.30. The lowest BCUT2D eigenvalue weighted by molar-refractivity contribution is 0.112. The summed E-state index contributed by atoms with van der Waals surface area (Å²) in [5, 5.41) is 0. The smallest absolute Gasteiger partial charge is 0.151 e. The van der Waals surface area contributed by atoms with Gasteiger partial charge in [0.1, 0.15) is 0 Å². The fraction of sp³-hybridized carbons (Fsp3) is 0. The molecule has 0 aliphatic rings. The Balaban J connectivity index is 3.27. The quantitative estimate of drug-likeness (QED) is 0.712. The van der Waals surface area contributed by atoms with Crippen molar-refractivity contribution < 1.29 is 4.79 Å². The molecule has 0 unspecified atom stereocenters. The number of benzene rings is 1. The molecule has 0 saturated heterocycles. The van der Waals surface area contributed by atoms with Crippen LogP contribution in [0.3, 0.4) is 0 Å². The third-order valence-electron chi connectivity index (χ3n) is 1.11. The lowest BCUT2D eigenvalue weighted by Crippen LogP contribution is -1.81. The molecule has 0 saturated carbocycles. The Morgan fingerprint density at radius 1 is 1.30 bits per heavy atom. The molecule has 10 heavy (non-hydrogen) atoms. The molecule has 52 valence electrons. The maximum absolute atomic E-state index is 10.3. The summed E-state index contributed by atoms with van der Waals surface area (Å²) in [5.74, 6) is 0. The molecule has 0 amide bonds. The van der Waals surface area contributed by atoms with Gasteiger partial charge in [-0.05, 0) is 37.9 Å². The second-order valence-electron chi connectivity index (χ2n) is 1.76. The molecule has 0 N–H and O–H groups in total. The predicted octanol–water partition coefficient (Wildman–Crippen LogP) is 3.02. The van der Waals surface area contributed by atoms with E-state index in [1.807, 2.05) is 12.1 Å². The van der Waals surface area contributed by atoms with Crippen LogP contribution in [0.25, 0.3) is 0 Å². The fourth-order valence-corrected chi connectivity index (χ4v) is 1.35. The van der Waals surface area contributed by atoms with Gasteiger partial charge in [0.2, 0.25) is 0 Å². The molecule has 0 bridgehead atoms. The lowest BCUT2D eigenvalue weighted by atomic mass is 10.2. The van der Waals surface area contributed by atoms with E-state index < -0.39 is 0 Å². The molecule has 1 rings (SSSR count). The van der Waals surface area contributed by atoms with Crippen LogP contribution in [0.15, 0.2) is 27.1 Å². The van der Waals surface area contributed by atoms with E-state index in [-0.39, 0.29) is 0 Å². The largest absolute Gasteiger partial charge is 0.298 e. The molecule has 0 aromatic heterocycles. The van der Waals surface area contributed by atoms with Crippen molar-refractivity contribution in [2.45, 2.75) is 0 Å². The molecular formula is C7H4Br2O. The minimum atomic E-state index is 0.661. The van der Waals surface area contributed by atoms with Crippen LogP contribution < -0.4 is 0 Å². The summed E-state index contributed by atoms with van der Waals surface area (Å²) in [6, 6.07) is 5.44. The van der Waals surface area contributed by atoms with E-state index >= 15 is 0 Å². The Labute approximate surface area is 75.7 Å².